The molecule has 6 nitrogen and oxygen atoms in total. The predicted octanol–water partition coefficient (Wildman–Crippen LogP) is 1.81. The Bertz CT molecular complexity index is 612. The molecule has 1 aliphatic carbocycles. The Kier molecular flexibility index (Phi) is 6.78. The van der Waals surface area contributed by atoms with Crippen molar-refractivity contribution >= 4 is 29.1 Å². The molecule has 0 aliphatic heterocycles. The first kappa shape index (κ1) is 18.4. The number of carbonyl (C=O) groups is 3. The fraction of sp³-hybridized carbons (Fsp3) is 0.588. The van der Waals surface area contributed by atoms with Crippen LogP contribution in [0.25, 0.3) is 0 Å². The van der Waals surface area contributed by atoms with Gasteiger partial charge in [-0.25, -0.2) is 4.79 Å². The van der Waals surface area contributed by atoms with Crippen molar-refractivity contribution in [2.45, 2.75) is 52.0 Å². The van der Waals surface area contributed by atoms with E-state index in [9.17, 15) is 14.4 Å². The molecule has 0 radical (unpaired) electrons. The van der Waals surface area contributed by atoms with Crippen molar-refractivity contribution in [3.8, 4) is 0 Å². The lowest BCUT2D eigenvalue weighted by molar-refractivity contribution is -0.130. The van der Waals surface area contributed by atoms with E-state index in [2.05, 4.69) is 10.6 Å². The SMILES string of the molecule is CCCNC(=O)[C@@H](C)NC(=O)COC(=O)c1csc2c1CCCC2. The van der Waals surface area contributed by atoms with Crippen molar-refractivity contribution in [1.82, 2.24) is 10.6 Å². The quantitative estimate of drug-likeness (QED) is 0.733. The lowest BCUT2D eigenvalue weighted by Gasteiger charge is -2.14. The summed E-state index contributed by atoms with van der Waals surface area (Å²) in [7, 11) is 0. The van der Waals surface area contributed by atoms with Gasteiger partial charge in [-0.1, -0.05) is 6.92 Å². The second-order valence-corrected chi connectivity index (χ2v) is 6.88. The van der Waals surface area contributed by atoms with Crippen molar-refractivity contribution in [3.63, 3.8) is 0 Å². The van der Waals surface area contributed by atoms with Gasteiger partial charge in [0.05, 0.1) is 5.56 Å². The zero-order chi connectivity index (χ0) is 17.5. The van der Waals surface area contributed by atoms with Crippen molar-refractivity contribution in [2.24, 2.45) is 0 Å². The Morgan fingerprint density at radius 3 is 2.79 bits per heavy atom. The predicted molar refractivity (Wildman–Crippen MR) is 92.1 cm³/mol. The normalized spacial score (nSPS) is 14.4. The van der Waals surface area contributed by atoms with Gasteiger partial charge in [-0.2, -0.15) is 0 Å². The molecule has 0 saturated carbocycles. The first-order valence-corrected chi connectivity index (χ1v) is 9.24. The molecule has 1 aromatic rings. The summed E-state index contributed by atoms with van der Waals surface area (Å²) in [6.45, 7) is 3.73. The average Bonchev–Trinajstić information content (AvgIpc) is 3.01. The van der Waals surface area contributed by atoms with E-state index in [1.54, 1.807) is 18.3 Å². The van der Waals surface area contributed by atoms with Crippen LogP contribution in [0.2, 0.25) is 0 Å². The fourth-order valence-corrected chi connectivity index (χ4v) is 3.74. The van der Waals surface area contributed by atoms with Crippen molar-refractivity contribution in [2.75, 3.05) is 13.2 Å². The molecule has 0 aromatic carbocycles. The van der Waals surface area contributed by atoms with Gasteiger partial charge in [-0.05, 0) is 44.6 Å². The molecule has 2 rings (SSSR count). The summed E-state index contributed by atoms with van der Waals surface area (Å²) in [4.78, 5) is 36.9. The summed E-state index contributed by atoms with van der Waals surface area (Å²) in [5.74, 6) is -1.19. The summed E-state index contributed by atoms with van der Waals surface area (Å²) >= 11 is 1.58. The molecule has 0 unspecified atom stereocenters. The highest BCUT2D eigenvalue weighted by Crippen LogP contribution is 2.30. The highest BCUT2D eigenvalue weighted by atomic mass is 32.1. The number of fused-ring (bicyclic) bond motifs is 1. The van der Waals surface area contributed by atoms with E-state index in [0.29, 0.717) is 12.1 Å². The van der Waals surface area contributed by atoms with Crippen LogP contribution >= 0.6 is 11.3 Å². The number of rotatable bonds is 7. The average molecular weight is 352 g/mol. The minimum Gasteiger partial charge on any atom is -0.452 e. The van der Waals surface area contributed by atoms with Gasteiger partial charge in [0.2, 0.25) is 5.91 Å². The number of nitrogens with one attached hydrogen (secondary N) is 2. The zero-order valence-corrected chi connectivity index (χ0v) is 15.0. The maximum Gasteiger partial charge on any atom is 0.339 e. The Hall–Kier alpha value is -1.89. The van der Waals surface area contributed by atoms with Gasteiger partial charge in [-0.15, -0.1) is 11.3 Å². The number of hydrogen-bond acceptors (Lipinski definition) is 5. The molecule has 0 spiro atoms. The third-order valence-electron chi connectivity index (χ3n) is 3.94. The molecule has 0 saturated heterocycles. The van der Waals surface area contributed by atoms with E-state index in [1.807, 2.05) is 12.3 Å². The van der Waals surface area contributed by atoms with E-state index in [1.165, 1.54) is 4.88 Å². The standard InChI is InChI=1S/C17H24N2O4S/c1-3-8-18-16(21)11(2)19-15(20)9-23-17(22)13-10-24-14-7-5-4-6-12(13)14/h10-11H,3-9H2,1-2H3,(H,18,21)(H,19,20)/t11-/m1/s1. The van der Waals surface area contributed by atoms with Gasteiger partial charge in [0, 0.05) is 16.8 Å². The Morgan fingerprint density at radius 2 is 2.04 bits per heavy atom. The molecule has 132 valence electrons. The monoisotopic (exact) mass is 352 g/mol. The van der Waals surface area contributed by atoms with Crippen LogP contribution in [0.5, 0.6) is 0 Å². The number of thiophene rings is 1. The Balaban J connectivity index is 1.80. The fourth-order valence-electron chi connectivity index (χ4n) is 2.62. The van der Waals surface area contributed by atoms with Gasteiger partial charge < -0.3 is 15.4 Å². The molecule has 0 bridgehead atoms. The summed E-state index contributed by atoms with van der Waals surface area (Å²) in [5.41, 5.74) is 1.65. The van der Waals surface area contributed by atoms with E-state index in [-0.39, 0.29) is 12.5 Å². The largest absolute Gasteiger partial charge is 0.452 e. The number of ether oxygens (including phenoxy) is 1. The molecule has 1 aromatic heterocycles. The topological polar surface area (TPSA) is 84.5 Å². The van der Waals surface area contributed by atoms with Gasteiger partial charge >= 0.3 is 5.97 Å². The van der Waals surface area contributed by atoms with Gasteiger partial charge in [-0.3, -0.25) is 9.59 Å². The molecule has 24 heavy (non-hydrogen) atoms. The lowest BCUT2D eigenvalue weighted by atomic mass is 9.96. The van der Waals surface area contributed by atoms with Crippen molar-refractivity contribution in [1.29, 1.82) is 0 Å². The van der Waals surface area contributed by atoms with E-state index >= 15 is 0 Å². The third kappa shape index (κ3) is 4.80. The van der Waals surface area contributed by atoms with Crippen LogP contribution in [0.4, 0.5) is 0 Å². The van der Waals surface area contributed by atoms with Crippen LogP contribution in [0.15, 0.2) is 5.38 Å². The summed E-state index contributed by atoms with van der Waals surface area (Å²) in [5, 5.41) is 7.04. The van der Waals surface area contributed by atoms with Crippen LogP contribution in [-0.4, -0.2) is 37.0 Å². The maximum absolute atomic E-state index is 12.2. The van der Waals surface area contributed by atoms with E-state index in [4.69, 9.17) is 4.74 Å². The third-order valence-corrected chi connectivity index (χ3v) is 5.02. The minimum atomic E-state index is -0.656. The Morgan fingerprint density at radius 1 is 1.29 bits per heavy atom. The number of hydrogen-bond donors (Lipinski definition) is 2. The van der Waals surface area contributed by atoms with Crippen LogP contribution in [0, 0.1) is 0 Å². The molecule has 2 amide bonds. The summed E-state index contributed by atoms with van der Waals surface area (Å²) < 4.78 is 5.10. The molecule has 1 heterocycles. The summed E-state index contributed by atoms with van der Waals surface area (Å²) in [6.07, 6.45) is 4.97. The molecule has 1 aliphatic rings. The summed E-state index contributed by atoms with van der Waals surface area (Å²) in [6, 6.07) is -0.656. The van der Waals surface area contributed by atoms with Crippen LogP contribution in [0.3, 0.4) is 0 Å². The molecule has 1 atom stereocenters. The van der Waals surface area contributed by atoms with Gasteiger partial charge in [0.15, 0.2) is 6.61 Å². The number of amides is 2. The van der Waals surface area contributed by atoms with E-state index in [0.717, 1.165) is 37.7 Å². The highest BCUT2D eigenvalue weighted by molar-refractivity contribution is 7.10. The molecular weight excluding hydrogens is 328 g/mol. The second-order valence-electron chi connectivity index (χ2n) is 5.91. The van der Waals surface area contributed by atoms with Gasteiger partial charge in [0.25, 0.3) is 5.91 Å². The maximum atomic E-state index is 12.2. The van der Waals surface area contributed by atoms with Crippen molar-refractivity contribution in [3.05, 3.63) is 21.4 Å². The van der Waals surface area contributed by atoms with Crippen LogP contribution in [0.1, 0.15) is 53.9 Å². The van der Waals surface area contributed by atoms with E-state index < -0.39 is 17.9 Å². The first-order valence-electron chi connectivity index (χ1n) is 8.36. The number of carbonyl (C=O) groups excluding carboxylic acids is 3. The minimum absolute atomic E-state index is 0.247. The van der Waals surface area contributed by atoms with Crippen LogP contribution in [-0.2, 0) is 27.2 Å². The number of esters is 1. The van der Waals surface area contributed by atoms with Gasteiger partial charge in [0.1, 0.15) is 6.04 Å². The molecule has 2 N–H and O–H groups in total. The molecule has 7 heteroatoms. The first-order chi connectivity index (χ1) is 11.5. The zero-order valence-electron chi connectivity index (χ0n) is 14.1. The molecule has 0 fully saturated rings. The smallest absolute Gasteiger partial charge is 0.339 e. The Labute approximate surface area is 146 Å². The van der Waals surface area contributed by atoms with Crippen molar-refractivity contribution < 1.29 is 19.1 Å². The highest BCUT2D eigenvalue weighted by Gasteiger charge is 2.22. The number of aryl methyl sites for hydroxylation is 1. The van der Waals surface area contributed by atoms with Crippen LogP contribution < -0.4 is 10.6 Å². The molecular formula is C17H24N2O4S. The second kappa shape index (κ2) is 8.82. The lowest BCUT2D eigenvalue weighted by Crippen LogP contribution is -2.46.